The highest BCUT2D eigenvalue weighted by atomic mass is 15.3. The van der Waals surface area contributed by atoms with Gasteiger partial charge in [-0.2, -0.15) is 0 Å². The van der Waals surface area contributed by atoms with E-state index >= 15 is 0 Å². The van der Waals surface area contributed by atoms with E-state index < -0.39 is 0 Å². The Labute approximate surface area is 118 Å². The zero-order valence-electron chi connectivity index (χ0n) is 11.7. The minimum Gasteiger partial charge on any atom is -0.312 e. The summed E-state index contributed by atoms with van der Waals surface area (Å²) in [7, 11) is 0. The summed E-state index contributed by atoms with van der Waals surface area (Å²) in [5, 5.41) is 8.80. The molecule has 1 atom stereocenters. The van der Waals surface area contributed by atoms with Gasteiger partial charge in [0.1, 0.15) is 11.6 Å². The number of hydrogen-bond donors (Lipinski definition) is 0. The number of nitrogens with zero attached hydrogens (tertiary/aromatic N) is 5. The minimum atomic E-state index is 0.374. The average molecular weight is 269 g/mol. The van der Waals surface area contributed by atoms with Gasteiger partial charge in [0.15, 0.2) is 0 Å². The Morgan fingerprint density at radius 3 is 2.90 bits per heavy atom. The fourth-order valence-corrected chi connectivity index (χ4v) is 3.01. The molecule has 0 unspecified atom stereocenters. The summed E-state index contributed by atoms with van der Waals surface area (Å²) >= 11 is 0. The molecule has 1 fully saturated rings. The molecular formula is C15H19N5. The third-order valence-corrected chi connectivity index (χ3v) is 4.47. The summed E-state index contributed by atoms with van der Waals surface area (Å²) in [5.74, 6) is 3.01. The molecule has 2 aliphatic rings. The van der Waals surface area contributed by atoms with Crippen LogP contribution in [0.2, 0.25) is 0 Å². The molecule has 1 saturated carbocycles. The van der Waals surface area contributed by atoms with Gasteiger partial charge in [-0.25, -0.2) is 0 Å². The zero-order chi connectivity index (χ0) is 13.5. The second kappa shape index (κ2) is 4.66. The molecule has 104 valence electrons. The lowest BCUT2D eigenvalue weighted by Gasteiger charge is -2.32. The summed E-state index contributed by atoms with van der Waals surface area (Å²) in [6, 6.07) is 4.52. The maximum absolute atomic E-state index is 4.40. The smallest absolute Gasteiger partial charge is 0.147 e. The molecule has 3 heterocycles. The Bertz CT molecular complexity index is 602. The van der Waals surface area contributed by atoms with Crippen LogP contribution in [-0.4, -0.2) is 31.2 Å². The molecule has 0 amide bonds. The van der Waals surface area contributed by atoms with Crippen molar-refractivity contribution in [1.82, 2.24) is 24.6 Å². The van der Waals surface area contributed by atoms with Gasteiger partial charge in [-0.15, -0.1) is 10.2 Å². The lowest BCUT2D eigenvalue weighted by molar-refractivity contribution is 0.162. The van der Waals surface area contributed by atoms with Gasteiger partial charge >= 0.3 is 0 Å². The van der Waals surface area contributed by atoms with Crippen LogP contribution in [0.15, 0.2) is 24.5 Å². The van der Waals surface area contributed by atoms with Crippen LogP contribution in [0.25, 0.3) is 0 Å². The molecule has 2 aromatic rings. The first kappa shape index (κ1) is 12.0. The van der Waals surface area contributed by atoms with E-state index in [0.29, 0.717) is 12.0 Å². The first-order chi connectivity index (χ1) is 9.83. The number of rotatable bonds is 3. The summed E-state index contributed by atoms with van der Waals surface area (Å²) in [4.78, 5) is 6.68. The molecule has 0 N–H and O–H groups in total. The Morgan fingerprint density at radius 1 is 1.25 bits per heavy atom. The molecule has 4 rings (SSSR count). The zero-order valence-corrected chi connectivity index (χ0v) is 11.7. The first-order valence-corrected chi connectivity index (χ1v) is 7.39. The number of aromatic nitrogens is 4. The molecule has 0 saturated heterocycles. The van der Waals surface area contributed by atoms with Gasteiger partial charge in [0.2, 0.25) is 0 Å². The van der Waals surface area contributed by atoms with Crippen LogP contribution in [-0.2, 0) is 13.1 Å². The number of pyridine rings is 1. The second-order valence-electron chi connectivity index (χ2n) is 5.83. The van der Waals surface area contributed by atoms with E-state index in [1.165, 1.54) is 24.2 Å². The average Bonchev–Trinajstić information content (AvgIpc) is 3.26. The lowest BCUT2D eigenvalue weighted by atomic mass is 10.1. The molecular weight excluding hydrogens is 250 g/mol. The van der Waals surface area contributed by atoms with Crippen LogP contribution in [0.4, 0.5) is 0 Å². The van der Waals surface area contributed by atoms with Crippen LogP contribution in [0.3, 0.4) is 0 Å². The molecule has 1 aliphatic carbocycles. The van der Waals surface area contributed by atoms with Crippen molar-refractivity contribution in [3.05, 3.63) is 41.7 Å². The highest BCUT2D eigenvalue weighted by molar-refractivity contribution is 5.15. The Balaban J connectivity index is 1.55. The molecule has 20 heavy (non-hydrogen) atoms. The van der Waals surface area contributed by atoms with Crippen molar-refractivity contribution in [3.8, 4) is 0 Å². The predicted octanol–water partition coefficient (Wildman–Crippen LogP) is 2.13. The van der Waals surface area contributed by atoms with Crippen LogP contribution in [0.5, 0.6) is 0 Å². The van der Waals surface area contributed by atoms with Crippen molar-refractivity contribution in [3.63, 3.8) is 0 Å². The standard InChI is InChI=1S/C15H19N5/c1-11(13-3-2-6-16-9-13)19-7-8-20-14(10-19)17-18-15(20)12-4-5-12/h2-3,6,9,11-12H,4-5,7-8,10H2,1H3/t11-/m0/s1. The molecule has 0 radical (unpaired) electrons. The molecule has 0 aromatic carbocycles. The van der Waals surface area contributed by atoms with E-state index in [4.69, 9.17) is 0 Å². The van der Waals surface area contributed by atoms with E-state index in [0.717, 1.165) is 25.5 Å². The third-order valence-electron chi connectivity index (χ3n) is 4.47. The van der Waals surface area contributed by atoms with Crippen molar-refractivity contribution < 1.29 is 0 Å². The van der Waals surface area contributed by atoms with Gasteiger partial charge in [-0.3, -0.25) is 9.88 Å². The van der Waals surface area contributed by atoms with E-state index in [-0.39, 0.29) is 0 Å². The number of fused-ring (bicyclic) bond motifs is 1. The SMILES string of the molecule is C[C@@H](c1cccnc1)N1CCn2c(nnc2C2CC2)C1. The quantitative estimate of drug-likeness (QED) is 0.856. The van der Waals surface area contributed by atoms with E-state index in [2.05, 4.69) is 37.6 Å². The van der Waals surface area contributed by atoms with Crippen molar-refractivity contribution in [2.75, 3.05) is 6.54 Å². The largest absolute Gasteiger partial charge is 0.312 e. The Kier molecular flexibility index (Phi) is 2.80. The van der Waals surface area contributed by atoms with Crippen molar-refractivity contribution in [2.24, 2.45) is 0 Å². The van der Waals surface area contributed by atoms with Gasteiger partial charge in [0.25, 0.3) is 0 Å². The van der Waals surface area contributed by atoms with Crippen LogP contribution in [0.1, 0.15) is 48.9 Å². The highest BCUT2D eigenvalue weighted by Gasteiger charge is 2.32. The summed E-state index contributed by atoms with van der Waals surface area (Å²) in [6.45, 7) is 5.19. The summed E-state index contributed by atoms with van der Waals surface area (Å²) in [5.41, 5.74) is 1.27. The van der Waals surface area contributed by atoms with Crippen LogP contribution >= 0.6 is 0 Å². The molecule has 5 nitrogen and oxygen atoms in total. The monoisotopic (exact) mass is 269 g/mol. The molecule has 1 aliphatic heterocycles. The molecule has 2 aromatic heterocycles. The van der Waals surface area contributed by atoms with Gasteiger partial charge in [0.05, 0.1) is 6.54 Å². The minimum absolute atomic E-state index is 0.374. The fraction of sp³-hybridized carbons (Fsp3) is 0.533. The van der Waals surface area contributed by atoms with Crippen molar-refractivity contribution in [1.29, 1.82) is 0 Å². The highest BCUT2D eigenvalue weighted by Crippen LogP contribution is 2.39. The van der Waals surface area contributed by atoms with E-state index in [1.807, 2.05) is 18.5 Å². The lowest BCUT2D eigenvalue weighted by Crippen LogP contribution is -2.36. The topological polar surface area (TPSA) is 46.8 Å². The maximum Gasteiger partial charge on any atom is 0.147 e. The first-order valence-electron chi connectivity index (χ1n) is 7.39. The molecule has 5 heteroatoms. The van der Waals surface area contributed by atoms with Crippen molar-refractivity contribution in [2.45, 2.75) is 44.8 Å². The van der Waals surface area contributed by atoms with Gasteiger partial charge in [-0.05, 0) is 31.4 Å². The van der Waals surface area contributed by atoms with Crippen molar-refractivity contribution >= 4 is 0 Å². The normalized spacial score (nSPS) is 20.6. The predicted molar refractivity (Wildman–Crippen MR) is 75.1 cm³/mol. The molecule has 0 bridgehead atoms. The van der Waals surface area contributed by atoms with Gasteiger partial charge in [-0.1, -0.05) is 6.07 Å². The summed E-state index contributed by atoms with van der Waals surface area (Å²) in [6.07, 6.45) is 6.35. The second-order valence-corrected chi connectivity index (χ2v) is 5.83. The van der Waals surface area contributed by atoms with Crippen LogP contribution < -0.4 is 0 Å². The van der Waals surface area contributed by atoms with Gasteiger partial charge in [0, 0.05) is 37.4 Å². The van der Waals surface area contributed by atoms with E-state index in [1.54, 1.807) is 0 Å². The summed E-state index contributed by atoms with van der Waals surface area (Å²) < 4.78 is 2.34. The Hall–Kier alpha value is -1.75. The molecule has 0 spiro atoms. The van der Waals surface area contributed by atoms with Crippen LogP contribution in [0, 0.1) is 0 Å². The van der Waals surface area contributed by atoms with Gasteiger partial charge < -0.3 is 4.57 Å². The number of hydrogen-bond acceptors (Lipinski definition) is 4. The maximum atomic E-state index is 4.40. The van der Waals surface area contributed by atoms with E-state index in [9.17, 15) is 0 Å². The third kappa shape index (κ3) is 2.02. The Morgan fingerprint density at radius 2 is 2.15 bits per heavy atom. The fourth-order valence-electron chi connectivity index (χ4n) is 3.01.